The van der Waals surface area contributed by atoms with Crippen LogP contribution in [-0.4, -0.2) is 46.1 Å². The van der Waals surface area contributed by atoms with Gasteiger partial charge in [0, 0.05) is 23.2 Å². The monoisotopic (exact) mass is 466 g/mol. The van der Waals surface area contributed by atoms with Crippen molar-refractivity contribution in [3.05, 3.63) is 23.3 Å². The second-order valence-electron chi connectivity index (χ2n) is 10.6. The Hall–Kier alpha value is -1.93. The van der Waals surface area contributed by atoms with E-state index in [-0.39, 0.29) is 31.1 Å². The summed E-state index contributed by atoms with van der Waals surface area (Å²) in [6, 6.07) is 0. The summed E-state index contributed by atoms with van der Waals surface area (Å²) in [5.41, 5.74) is -3.48. The fraction of sp³-hybridized carbons (Fsp3) is 0.720. The molecule has 0 aliphatic heterocycles. The molecular weight excluding hydrogens is 434 g/mol. The van der Waals surface area contributed by atoms with E-state index in [0.29, 0.717) is 31.3 Å². The quantitative estimate of drug-likeness (QED) is 0.602. The van der Waals surface area contributed by atoms with Crippen molar-refractivity contribution in [1.29, 1.82) is 0 Å². The number of carbonyl (C=O) groups is 3. The van der Waals surface area contributed by atoms with Crippen molar-refractivity contribution in [2.24, 2.45) is 28.6 Å². The third kappa shape index (κ3) is 3.13. The van der Waals surface area contributed by atoms with E-state index >= 15 is 4.39 Å². The molecule has 182 valence electrons. The lowest BCUT2D eigenvalue weighted by atomic mass is 9.46. The predicted molar refractivity (Wildman–Crippen MR) is 114 cm³/mol. The Morgan fingerprint density at radius 1 is 1.24 bits per heavy atom. The molecule has 0 heterocycles. The van der Waals surface area contributed by atoms with Crippen LogP contribution in [0.4, 0.5) is 8.78 Å². The number of allylic oxidation sites excluding steroid dienone is 4. The number of hydrogen-bond acceptors (Lipinski definition) is 6. The number of halogens is 2. The first-order valence-electron chi connectivity index (χ1n) is 11.8. The van der Waals surface area contributed by atoms with Gasteiger partial charge >= 0.3 is 5.97 Å². The van der Waals surface area contributed by atoms with Gasteiger partial charge in [-0.2, -0.15) is 4.39 Å². The first kappa shape index (κ1) is 24.2. The first-order chi connectivity index (χ1) is 15.5. The molecule has 3 saturated carbocycles. The Morgan fingerprint density at radius 3 is 2.58 bits per heavy atom. The Bertz CT molecular complexity index is 957. The smallest absolute Gasteiger partial charge is 0.306 e. The minimum atomic E-state index is -1.57. The topological polar surface area (TPSA) is 101 Å². The van der Waals surface area contributed by atoms with Crippen LogP contribution in [0.5, 0.6) is 0 Å². The van der Waals surface area contributed by atoms with Crippen molar-refractivity contribution in [3.63, 3.8) is 0 Å². The number of rotatable bonds is 5. The molecule has 7 atom stereocenters. The highest BCUT2D eigenvalue weighted by atomic mass is 19.2. The highest BCUT2D eigenvalue weighted by molar-refractivity contribution is 6.04. The van der Waals surface area contributed by atoms with E-state index in [0.717, 1.165) is 6.08 Å². The molecule has 0 saturated heterocycles. The van der Waals surface area contributed by atoms with Crippen molar-refractivity contribution in [2.75, 3.05) is 6.61 Å². The fourth-order valence-electron chi connectivity index (χ4n) is 7.68. The minimum absolute atomic E-state index is 0.0374. The summed E-state index contributed by atoms with van der Waals surface area (Å²) in [4.78, 5) is 37.5. The van der Waals surface area contributed by atoms with Gasteiger partial charge in [-0.05, 0) is 63.4 Å². The largest absolute Gasteiger partial charge is 0.450 e. The van der Waals surface area contributed by atoms with Crippen LogP contribution >= 0.6 is 0 Å². The summed E-state index contributed by atoms with van der Waals surface area (Å²) in [6.07, 6.45) is 2.37. The fourth-order valence-corrected chi connectivity index (χ4v) is 7.68. The third-order valence-electron chi connectivity index (χ3n) is 9.16. The zero-order chi connectivity index (χ0) is 24.3. The molecule has 4 aliphatic carbocycles. The number of esters is 1. The van der Waals surface area contributed by atoms with Gasteiger partial charge in [-0.25, -0.2) is 4.39 Å². The molecule has 4 rings (SSSR count). The molecule has 8 heteroatoms. The second kappa shape index (κ2) is 8.08. The summed E-state index contributed by atoms with van der Waals surface area (Å²) >= 11 is 0. The van der Waals surface area contributed by atoms with Gasteiger partial charge in [0.1, 0.15) is 12.4 Å². The molecule has 4 aliphatic rings. The molecule has 33 heavy (non-hydrogen) atoms. The summed E-state index contributed by atoms with van der Waals surface area (Å²) in [7, 11) is 0. The Kier molecular flexibility index (Phi) is 5.93. The van der Waals surface area contributed by atoms with Crippen molar-refractivity contribution in [2.45, 2.75) is 77.4 Å². The molecule has 2 N–H and O–H groups in total. The van der Waals surface area contributed by atoms with Crippen molar-refractivity contribution in [3.8, 4) is 0 Å². The summed E-state index contributed by atoms with van der Waals surface area (Å²) < 4.78 is 35.5. The van der Waals surface area contributed by atoms with Gasteiger partial charge in [-0.1, -0.05) is 19.4 Å². The normalized spacial score (nSPS) is 42.3. The molecule has 1 unspecified atom stereocenters. The number of ether oxygens (including phenoxy) is 1. The molecule has 0 aromatic heterocycles. The number of aliphatic hydroxyl groups excluding tert-OH is 2. The van der Waals surface area contributed by atoms with Gasteiger partial charge in [-0.3, -0.25) is 14.4 Å². The van der Waals surface area contributed by atoms with E-state index in [1.165, 1.54) is 0 Å². The highest BCUT2D eigenvalue weighted by Crippen LogP contribution is 2.69. The van der Waals surface area contributed by atoms with E-state index in [1.807, 2.05) is 13.8 Å². The molecule has 0 spiro atoms. The number of Topliss-reactive ketones (excluding diaryl/α,β-unsaturated/α-hetero) is 1. The van der Waals surface area contributed by atoms with Crippen LogP contribution in [0.2, 0.25) is 0 Å². The number of fused-ring (bicyclic) bond motifs is 5. The van der Waals surface area contributed by atoms with E-state index in [1.54, 1.807) is 6.92 Å². The summed E-state index contributed by atoms with van der Waals surface area (Å²) in [5.74, 6) is -5.80. The van der Waals surface area contributed by atoms with Gasteiger partial charge in [0.2, 0.25) is 17.4 Å². The lowest BCUT2D eigenvalue weighted by Gasteiger charge is -2.60. The Labute approximate surface area is 192 Å². The maximum absolute atomic E-state index is 15.3. The van der Waals surface area contributed by atoms with Crippen molar-refractivity contribution >= 4 is 17.5 Å². The molecule has 0 aromatic carbocycles. The van der Waals surface area contributed by atoms with Crippen LogP contribution in [0.25, 0.3) is 0 Å². The number of aliphatic hydroxyl groups is 2. The number of ketones is 2. The molecule has 0 aromatic rings. The second-order valence-corrected chi connectivity index (χ2v) is 10.6. The lowest BCUT2D eigenvalue weighted by molar-refractivity contribution is -0.201. The van der Waals surface area contributed by atoms with E-state index in [4.69, 9.17) is 4.74 Å². The van der Waals surface area contributed by atoms with Crippen molar-refractivity contribution in [1.82, 2.24) is 0 Å². The SMILES string of the molecule is CCCC(=O)O[C@]1(C(=O)CO)CC[C@H]2[C@@H]3CCC4=CC(=O)C(F)=C(F)[C@]4(C)[C@H]3C(O)C[C@@]21C. The zero-order valence-electron chi connectivity index (χ0n) is 19.3. The average Bonchev–Trinajstić information content (AvgIpc) is 3.05. The van der Waals surface area contributed by atoms with Gasteiger partial charge in [0.15, 0.2) is 5.60 Å². The molecule has 0 radical (unpaired) electrons. The van der Waals surface area contributed by atoms with Gasteiger partial charge < -0.3 is 14.9 Å². The highest BCUT2D eigenvalue weighted by Gasteiger charge is 2.71. The first-order valence-corrected chi connectivity index (χ1v) is 11.8. The minimum Gasteiger partial charge on any atom is -0.450 e. The Balaban J connectivity index is 1.77. The Morgan fingerprint density at radius 2 is 1.94 bits per heavy atom. The van der Waals surface area contributed by atoms with E-state index in [9.17, 15) is 29.0 Å². The van der Waals surface area contributed by atoms with Crippen LogP contribution in [-0.2, 0) is 19.1 Å². The van der Waals surface area contributed by atoms with Crippen LogP contribution in [0.15, 0.2) is 23.3 Å². The standard InChI is InChI=1S/C25H32F2O6/c1-4-5-19(32)33-25(18(31)12-28)9-8-15-14-7-6-13-10-16(29)21(26)22(27)24(13,3)20(14)17(30)11-23(15,25)2/h10,14-15,17,20,28,30H,4-9,11-12H2,1-3H3/t14-,15-,17?,20+,23-,24-,25-/m0/s1. The molecule has 0 bridgehead atoms. The maximum atomic E-state index is 15.3. The lowest BCUT2D eigenvalue weighted by Crippen LogP contribution is -2.63. The van der Waals surface area contributed by atoms with Crippen LogP contribution in [0.3, 0.4) is 0 Å². The third-order valence-corrected chi connectivity index (χ3v) is 9.16. The van der Waals surface area contributed by atoms with Crippen LogP contribution < -0.4 is 0 Å². The molecular formula is C25H32F2O6. The average molecular weight is 467 g/mol. The molecule has 6 nitrogen and oxygen atoms in total. The zero-order valence-corrected chi connectivity index (χ0v) is 19.3. The van der Waals surface area contributed by atoms with Crippen molar-refractivity contribution < 1.29 is 38.1 Å². The van der Waals surface area contributed by atoms with Gasteiger partial charge in [0.25, 0.3) is 0 Å². The van der Waals surface area contributed by atoms with Gasteiger partial charge in [-0.15, -0.1) is 0 Å². The number of hydrogen-bond donors (Lipinski definition) is 2. The summed E-state index contributed by atoms with van der Waals surface area (Å²) in [6.45, 7) is 4.38. The van der Waals surface area contributed by atoms with E-state index in [2.05, 4.69) is 0 Å². The van der Waals surface area contributed by atoms with Crippen LogP contribution in [0, 0.1) is 28.6 Å². The molecule has 3 fully saturated rings. The summed E-state index contributed by atoms with van der Waals surface area (Å²) in [5, 5.41) is 21.1. The van der Waals surface area contributed by atoms with E-state index < -0.39 is 64.2 Å². The number of carbonyl (C=O) groups excluding carboxylic acids is 3. The predicted octanol–water partition coefficient (Wildman–Crippen LogP) is 3.50. The van der Waals surface area contributed by atoms with Crippen LogP contribution in [0.1, 0.15) is 65.7 Å². The maximum Gasteiger partial charge on any atom is 0.306 e. The van der Waals surface area contributed by atoms with Gasteiger partial charge in [0.05, 0.1) is 6.10 Å². The molecule has 0 amide bonds.